The molecule has 1 aromatic rings. The van der Waals surface area contributed by atoms with Crippen molar-refractivity contribution in [1.82, 2.24) is 5.32 Å². The minimum Gasteiger partial charge on any atom is -0.314 e. The Kier molecular flexibility index (Phi) is 3.64. The molecule has 0 aromatic carbocycles. The molecular weight excluding hydrogens is 262 g/mol. The van der Waals surface area contributed by atoms with Crippen LogP contribution in [0.15, 0.2) is 16.8 Å². The smallest absolute Gasteiger partial charge is 0.0104 e. The van der Waals surface area contributed by atoms with E-state index < -0.39 is 0 Å². The first-order valence-corrected chi connectivity index (χ1v) is 9.57. The van der Waals surface area contributed by atoms with Crippen LogP contribution in [0.3, 0.4) is 0 Å². The van der Waals surface area contributed by atoms with Crippen LogP contribution < -0.4 is 5.32 Å². The van der Waals surface area contributed by atoms with Gasteiger partial charge >= 0.3 is 0 Å². The first kappa shape index (κ1) is 13.3. The molecular formula is C18H27NS. The molecule has 0 saturated heterocycles. The van der Waals surface area contributed by atoms with Gasteiger partial charge in [0, 0.05) is 6.04 Å². The summed E-state index contributed by atoms with van der Waals surface area (Å²) in [5.41, 5.74) is 1.55. The molecule has 5 atom stereocenters. The second-order valence-electron chi connectivity index (χ2n) is 7.30. The topological polar surface area (TPSA) is 12.0 Å². The zero-order valence-electron chi connectivity index (χ0n) is 12.6. The Morgan fingerprint density at radius 2 is 2.10 bits per heavy atom. The number of hydrogen-bond donors (Lipinski definition) is 1. The van der Waals surface area contributed by atoms with Crippen molar-refractivity contribution in [3.05, 3.63) is 22.4 Å². The largest absolute Gasteiger partial charge is 0.314 e. The van der Waals surface area contributed by atoms with Crippen LogP contribution in [0.2, 0.25) is 0 Å². The standard InChI is InChI=1S/C18H27NS/c1-2-8-19-15(6-3-12-7-9-20-11-12)18-16-13-4-5-14(10-13)17(16)18/h7,9,11,13-19H,2-6,8,10H2,1H3. The van der Waals surface area contributed by atoms with Gasteiger partial charge < -0.3 is 5.32 Å². The third-order valence-corrected chi connectivity index (χ3v) is 6.97. The van der Waals surface area contributed by atoms with E-state index in [2.05, 4.69) is 29.1 Å². The lowest BCUT2D eigenvalue weighted by molar-refractivity contribution is 0.349. The highest BCUT2D eigenvalue weighted by Crippen LogP contribution is 2.70. The van der Waals surface area contributed by atoms with Gasteiger partial charge in [-0.3, -0.25) is 0 Å². The molecule has 3 aliphatic carbocycles. The summed E-state index contributed by atoms with van der Waals surface area (Å²) in [5, 5.41) is 8.44. The summed E-state index contributed by atoms with van der Waals surface area (Å²) < 4.78 is 0. The van der Waals surface area contributed by atoms with Crippen molar-refractivity contribution in [1.29, 1.82) is 0 Å². The van der Waals surface area contributed by atoms with Gasteiger partial charge in [0.2, 0.25) is 0 Å². The molecule has 3 aliphatic rings. The minimum atomic E-state index is 0.799. The van der Waals surface area contributed by atoms with Crippen LogP contribution in [-0.2, 0) is 6.42 Å². The zero-order valence-corrected chi connectivity index (χ0v) is 13.4. The van der Waals surface area contributed by atoms with Gasteiger partial charge in [0.1, 0.15) is 0 Å². The molecule has 0 spiro atoms. The van der Waals surface area contributed by atoms with Crippen LogP contribution in [0.1, 0.15) is 44.6 Å². The summed E-state index contributed by atoms with van der Waals surface area (Å²) in [5.74, 6) is 5.49. The average Bonchev–Trinajstić information content (AvgIpc) is 2.90. The van der Waals surface area contributed by atoms with Gasteiger partial charge in [0.25, 0.3) is 0 Å². The monoisotopic (exact) mass is 289 g/mol. The first-order chi connectivity index (χ1) is 9.88. The van der Waals surface area contributed by atoms with E-state index in [9.17, 15) is 0 Å². The summed E-state index contributed by atoms with van der Waals surface area (Å²) in [7, 11) is 0. The highest BCUT2D eigenvalue weighted by Gasteiger charge is 2.66. The highest BCUT2D eigenvalue weighted by molar-refractivity contribution is 7.07. The van der Waals surface area contributed by atoms with Gasteiger partial charge in [-0.1, -0.05) is 6.92 Å². The van der Waals surface area contributed by atoms with Crippen molar-refractivity contribution in [2.75, 3.05) is 6.54 Å². The predicted molar refractivity (Wildman–Crippen MR) is 86.0 cm³/mol. The Morgan fingerprint density at radius 3 is 2.75 bits per heavy atom. The summed E-state index contributed by atoms with van der Waals surface area (Å²) in [6.45, 7) is 3.50. The Hall–Kier alpha value is -0.340. The fourth-order valence-corrected chi connectivity index (χ4v) is 6.15. The van der Waals surface area contributed by atoms with E-state index in [1.54, 1.807) is 24.8 Å². The lowest BCUT2D eigenvalue weighted by atomic mass is 9.94. The van der Waals surface area contributed by atoms with E-state index in [0.29, 0.717) is 0 Å². The Bertz CT molecular complexity index is 424. The normalized spacial score (nSPS) is 39.0. The van der Waals surface area contributed by atoms with Gasteiger partial charge in [-0.05, 0) is 97.0 Å². The van der Waals surface area contributed by atoms with E-state index in [1.165, 1.54) is 25.8 Å². The van der Waals surface area contributed by atoms with Gasteiger partial charge in [0.15, 0.2) is 0 Å². The molecule has 3 fully saturated rings. The van der Waals surface area contributed by atoms with Crippen molar-refractivity contribution >= 4 is 11.3 Å². The second-order valence-corrected chi connectivity index (χ2v) is 8.08. The molecule has 1 heterocycles. The zero-order chi connectivity index (χ0) is 13.5. The lowest BCUT2D eigenvalue weighted by Crippen LogP contribution is -2.34. The number of nitrogens with one attached hydrogen (secondary N) is 1. The maximum Gasteiger partial charge on any atom is 0.0104 e. The van der Waals surface area contributed by atoms with Crippen molar-refractivity contribution in [2.45, 2.75) is 51.5 Å². The van der Waals surface area contributed by atoms with Crippen LogP contribution in [0.5, 0.6) is 0 Å². The molecule has 1 N–H and O–H groups in total. The number of rotatable bonds is 7. The third-order valence-electron chi connectivity index (χ3n) is 6.24. The molecule has 2 bridgehead atoms. The van der Waals surface area contributed by atoms with Crippen molar-refractivity contribution in [2.24, 2.45) is 29.6 Å². The maximum absolute atomic E-state index is 3.89. The SMILES string of the molecule is CCCNC(CCc1ccsc1)C1C2C3CCC(C3)C21. The molecule has 0 aliphatic heterocycles. The quantitative estimate of drug-likeness (QED) is 0.787. The van der Waals surface area contributed by atoms with Gasteiger partial charge in [0.05, 0.1) is 0 Å². The number of thiophene rings is 1. The van der Waals surface area contributed by atoms with Gasteiger partial charge in [-0.25, -0.2) is 0 Å². The molecule has 20 heavy (non-hydrogen) atoms. The highest BCUT2D eigenvalue weighted by atomic mass is 32.1. The number of fused-ring (bicyclic) bond motifs is 5. The molecule has 4 rings (SSSR count). The summed E-state index contributed by atoms with van der Waals surface area (Å²) in [6, 6.07) is 3.10. The minimum absolute atomic E-state index is 0.799. The summed E-state index contributed by atoms with van der Waals surface area (Å²) in [6.07, 6.45) is 8.57. The second kappa shape index (κ2) is 5.46. The maximum atomic E-state index is 3.89. The Morgan fingerprint density at radius 1 is 1.30 bits per heavy atom. The first-order valence-electron chi connectivity index (χ1n) is 8.63. The molecule has 0 amide bonds. The van der Waals surface area contributed by atoms with Crippen LogP contribution in [0.4, 0.5) is 0 Å². The summed E-state index contributed by atoms with van der Waals surface area (Å²) in [4.78, 5) is 0. The van der Waals surface area contributed by atoms with E-state index in [0.717, 1.165) is 35.6 Å². The van der Waals surface area contributed by atoms with Crippen LogP contribution in [-0.4, -0.2) is 12.6 Å². The lowest BCUT2D eigenvalue weighted by Gasteiger charge is -2.22. The van der Waals surface area contributed by atoms with Crippen LogP contribution in [0, 0.1) is 29.6 Å². The predicted octanol–water partition coefficient (Wildman–Crippen LogP) is 4.34. The fourth-order valence-electron chi connectivity index (χ4n) is 5.45. The Balaban J connectivity index is 1.38. The molecule has 1 nitrogen and oxygen atoms in total. The average molecular weight is 289 g/mol. The van der Waals surface area contributed by atoms with Gasteiger partial charge in [-0.2, -0.15) is 11.3 Å². The van der Waals surface area contributed by atoms with Crippen molar-refractivity contribution in [3.8, 4) is 0 Å². The molecule has 0 radical (unpaired) electrons. The van der Waals surface area contributed by atoms with Crippen LogP contribution in [0.25, 0.3) is 0 Å². The van der Waals surface area contributed by atoms with Crippen molar-refractivity contribution in [3.63, 3.8) is 0 Å². The molecule has 2 heteroatoms. The van der Waals surface area contributed by atoms with E-state index in [1.807, 2.05) is 11.3 Å². The molecule has 3 saturated carbocycles. The molecule has 1 aromatic heterocycles. The molecule has 5 unspecified atom stereocenters. The number of aryl methyl sites for hydroxylation is 1. The third kappa shape index (κ3) is 2.25. The van der Waals surface area contributed by atoms with E-state index in [-0.39, 0.29) is 0 Å². The summed E-state index contributed by atoms with van der Waals surface area (Å²) >= 11 is 1.84. The molecule has 110 valence electrons. The van der Waals surface area contributed by atoms with E-state index >= 15 is 0 Å². The van der Waals surface area contributed by atoms with Crippen LogP contribution >= 0.6 is 11.3 Å². The van der Waals surface area contributed by atoms with Crippen molar-refractivity contribution < 1.29 is 0 Å². The van der Waals surface area contributed by atoms with E-state index in [4.69, 9.17) is 0 Å². The van der Waals surface area contributed by atoms with Gasteiger partial charge in [-0.15, -0.1) is 0 Å². The fraction of sp³-hybridized carbons (Fsp3) is 0.778. The number of hydrogen-bond acceptors (Lipinski definition) is 2. The Labute approximate surface area is 127 Å².